The minimum absolute atomic E-state index is 0.0209. The average Bonchev–Trinajstić information content (AvgIpc) is 2.84. The molecule has 0 atom stereocenters. The lowest BCUT2D eigenvalue weighted by molar-refractivity contribution is 0.597. The van der Waals surface area contributed by atoms with E-state index in [1.807, 2.05) is 0 Å². The van der Waals surface area contributed by atoms with E-state index in [0.29, 0.717) is 6.54 Å². The highest BCUT2D eigenvalue weighted by molar-refractivity contribution is 7.92. The van der Waals surface area contributed by atoms with Gasteiger partial charge in [-0.05, 0) is 24.6 Å². The van der Waals surface area contributed by atoms with Crippen LogP contribution >= 0.6 is 0 Å². The fourth-order valence-electron chi connectivity index (χ4n) is 1.74. The van der Waals surface area contributed by atoms with Crippen LogP contribution < -0.4 is 10.0 Å². The first-order chi connectivity index (χ1) is 10.0. The van der Waals surface area contributed by atoms with E-state index in [2.05, 4.69) is 27.0 Å². The second-order valence-corrected chi connectivity index (χ2v) is 6.29. The number of hydrogen-bond donors (Lipinski definition) is 2. The zero-order chi connectivity index (χ0) is 15.3. The summed E-state index contributed by atoms with van der Waals surface area (Å²) in [6, 6.07) is 4.83. The summed E-state index contributed by atoms with van der Waals surface area (Å²) in [6.45, 7) is 3.68. The van der Waals surface area contributed by atoms with Crippen LogP contribution in [0.25, 0.3) is 0 Å². The van der Waals surface area contributed by atoms with Gasteiger partial charge in [-0.1, -0.05) is 13.0 Å². The summed E-state index contributed by atoms with van der Waals surface area (Å²) in [4.78, 5) is 4.01. The Morgan fingerprint density at radius 3 is 2.67 bits per heavy atom. The molecule has 8 heteroatoms. The Morgan fingerprint density at radius 2 is 2.10 bits per heavy atom. The third-order valence-corrected chi connectivity index (χ3v) is 4.05. The maximum atomic E-state index is 12.1. The van der Waals surface area contributed by atoms with E-state index in [9.17, 15) is 8.42 Å². The fourth-order valence-corrected chi connectivity index (χ4v) is 2.67. The van der Waals surface area contributed by atoms with Gasteiger partial charge in [-0.15, -0.1) is 0 Å². The van der Waals surface area contributed by atoms with Crippen molar-refractivity contribution >= 4 is 15.8 Å². The molecule has 0 fully saturated rings. The van der Waals surface area contributed by atoms with Crippen molar-refractivity contribution in [1.29, 1.82) is 0 Å². The van der Waals surface area contributed by atoms with Crippen LogP contribution in [0.5, 0.6) is 0 Å². The van der Waals surface area contributed by atoms with Crippen molar-refractivity contribution in [3.8, 4) is 0 Å². The number of anilines is 1. The smallest absolute Gasteiger partial charge is 0.280 e. The number of pyridine rings is 1. The molecule has 2 heterocycles. The maximum Gasteiger partial charge on any atom is 0.280 e. The van der Waals surface area contributed by atoms with Crippen molar-refractivity contribution in [3.05, 3.63) is 36.2 Å². The quantitative estimate of drug-likeness (QED) is 0.748. The molecule has 0 aliphatic carbocycles. The highest BCUT2D eigenvalue weighted by atomic mass is 32.2. The van der Waals surface area contributed by atoms with Gasteiger partial charge in [0.1, 0.15) is 0 Å². The molecule has 0 aliphatic rings. The molecule has 0 radical (unpaired) electrons. The van der Waals surface area contributed by atoms with Crippen molar-refractivity contribution < 1.29 is 8.42 Å². The molecule has 0 saturated heterocycles. The third kappa shape index (κ3) is 4.27. The largest absolute Gasteiger partial charge is 0.313 e. The molecular formula is C13H19N5O2S. The first kappa shape index (κ1) is 15.5. The van der Waals surface area contributed by atoms with Crippen LogP contribution in [0.4, 0.5) is 5.82 Å². The average molecular weight is 309 g/mol. The molecular weight excluding hydrogens is 290 g/mol. The molecule has 0 aliphatic heterocycles. The summed E-state index contributed by atoms with van der Waals surface area (Å²) in [5.41, 5.74) is 0.945. The van der Waals surface area contributed by atoms with Gasteiger partial charge < -0.3 is 5.32 Å². The van der Waals surface area contributed by atoms with Gasteiger partial charge >= 0.3 is 0 Å². The number of aryl methyl sites for hydroxylation is 1. The van der Waals surface area contributed by atoms with Crippen molar-refractivity contribution in [1.82, 2.24) is 20.1 Å². The van der Waals surface area contributed by atoms with Crippen LogP contribution in [-0.2, 0) is 23.6 Å². The van der Waals surface area contributed by atoms with Gasteiger partial charge in [0.2, 0.25) is 0 Å². The summed E-state index contributed by atoms with van der Waals surface area (Å²) >= 11 is 0. The number of nitrogens with zero attached hydrogens (tertiary/aromatic N) is 3. The molecule has 0 amide bonds. The number of rotatable bonds is 7. The van der Waals surface area contributed by atoms with Gasteiger partial charge in [-0.3, -0.25) is 9.40 Å². The molecule has 0 spiro atoms. The Kier molecular flexibility index (Phi) is 4.92. The van der Waals surface area contributed by atoms with Gasteiger partial charge in [0, 0.05) is 32.1 Å². The first-order valence-corrected chi connectivity index (χ1v) is 8.17. The minimum atomic E-state index is -3.70. The molecule has 2 rings (SSSR count). The highest BCUT2D eigenvalue weighted by Crippen LogP contribution is 2.12. The van der Waals surface area contributed by atoms with Gasteiger partial charge in [0.25, 0.3) is 10.0 Å². The van der Waals surface area contributed by atoms with E-state index >= 15 is 0 Å². The summed E-state index contributed by atoms with van der Waals surface area (Å²) in [5, 5.41) is 7.19. The van der Waals surface area contributed by atoms with Crippen molar-refractivity contribution in [2.24, 2.45) is 7.05 Å². The van der Waals surface area contributed by atoms with Gasteiger partial charge in [-0.2, -0.15) is 13.5 Å². The summed E-state index contributed by atoms with van der Waals surface area (Å²) < 4.78 is 28.2. The Hall–Kier alpha value is -1.93. The Bertz CT molecular complexity index is 679. The van der Waals surface area contributed by atoms with Crippen molar-refractivity contribution in [2.75, 3.05) is 11.3 Å². The van der Waals surface area contributed by atoms with Gasteiger partial charge in [-0.25, -0.2) is 4.98 Å². The van der Waals surface area contributed by atoms with Gasteiger partial charge in [0.15, 0.2) is 10.8 Å². The highest BCUT2D eigenvalue weighted by Gasteiger charge is 2.16. The molecule has 21 heavy (non-hydrogen) atoms. The standard InChI is InChI=1S/C13H19N5O2S/c1-3-7-14-9-11-4-5-13(15-10-11)21(19,20)17-12-6-8-18(2)16-12/h4-6,8,10,14H,3,7,9H2,1-2H3,(H,16,17). The molecule has 2 aromatic heterocycles. The van der Waals surface area contributed by atoms with E-state index in [1.165, 1.54) is 10.7 Å². The zero-order valence-electron chi connectivity index (χ0n) is 12.1. The topological polar surface area (TPSA) is 88.9 Å². The molecule has 0 unspecified atom stereocenters. The fraction of sp³-hybridized carbons (Fsp3) is 0.385. The van der Waals surface area contributed by atoms with Crippen LogP contribution in [-0.4, -0.2) is 29.7 Å². The molecule has 0 aromatic carbocycles. The predicted molar refractivity (Wildman–Crippen MR) is 80.3 cm³/mol. The maximum absolute atomic E-state index is 12.1. The molecule has 2 N–H and O–H groups in total. The van der Waals surface area contributed by atoms with E-state index in [4.69, 9.17) is 0 Å². The Morgan fingerprint density at radius 1 is 1.29 bits per heavy atom. The lowest BCUT2D eigenvalue weighted by Crippen LogP contribution is -2.16. The van der Waals surface area contributed by atoms with Crippen LogP contribution in [0.15, 0.2) is 35.6 Å². The van der Waals surface area contributed by atoms with Gasteiger partial charge in [0.05, 0.1) is 0 Å². The third-order valence-electron chi connectivity index (χ3n) is 2.78. The zero-order valence-corrected chi connectivity index (χ0v) is 12.9. The molecule has 114 valence electrons. The van der Waals surface area contributed by atoms with Crippen LogP contribution in [0.3, 0.4) is 0 Å². The van der Waals surface area contributed by atoms with Crippen LogP contribution in [0.1, 0.15) is 18.9 Å². The summed E-state index contributed by atoms with van der Waals surface area (Å²) in [5.74, 6) is 0.271. The lowest BCUT2D eigenvalue weighted by Gasteiger charge is -2.06. The number of sulfonamides is 1. The van der Waals surface area contributed by atoms with Crippen LogP contribution in [0, 0.1) is 0 Å². The number of nitrogens with one attached hydrogen (secondary N) is 2. The second-order valence-electron chi connectivity index (χ2n) is 4.66. The van der Waals surface area contributed by atoms with Crippen molar-refractivity contribution in [3.63, 3.8) is 0 Å². The molecule has 0 saturated carbocycles. The van der Waals surface area contributed by atoms with E-state index in [1.54, 1.807) is 31.6 Å². The monoisotopic (exact) mass is 309 g/mol. The molecule has 7 nitrogen and oxygen atoms in total. The summed E-state index contributed by atoms with van der Waals surface area (Å²) in [6.07, 6.45) is 4.28. The lowest BCUT2D eigenvalue weighted by atomic mass is 10.3. The Balaban J connectivity index is 2.06. The molecule has 0 bridgehead atoms. The minimum Gasteiger partial charge on any atom is -0.313 e. The second kappa shape index (κ2) is 6.68. The summed E-state index contributed by atoms with van der Waals surface area (Å²) in [7, 11) is -1.98. The SMILES string of the molecule is CCCNCc1ccc(S(=O)(=O)Nc2ccn(C)n2)nc1. The number of aromatic nitrogens is 3. The van der Waals surface area contributed by atoms with E-state index in [0.717, 1.165) is 18.5 Å². The molecule has 2 aromatic rings. The predicted octanol–water partition coefficient (Wildman–Crippen LogP) is 1.12. The number of hydrogen-bond acceptors (Lipinski definition) is 5. The normalized spacial score (nSPS) is 11.5. The van der Waals surface area contributed by atoms with Crippen LogP contribution in [0.2, 0.25) is 0 Å². The van der Waals surface area contributed by atoms with Crippen molar-refractivity contribution in [2.45, 2.75) is 24.9 Å². The van der Waals surface area contributed by atoms with E-state index in [-0.39, 0.29) is 10.8 Å². The first-order valence-electron chi connectivity index (χ1n) is 6.69. The Labute approximate surface area is 124 Å². The van der Waals surface area contributed by atoms with E-state index < -0.39 is 10.0 Å².